The molecule has 2 aromatic rings. The normalized spacial score (nSPS) is 10.6. The van der Waals surface area contributed by atoms with Crippen LogP contribution in [-0.4, -0.2) is 36.6 Å². The number of thiol groups is 1. The van der Waals surface area contributed by atoms with Gasteiger partial charge in [-0.2, -0.15) is 0 Å². The molecule has 0 spiro atoms. The number of ether oxygens (including phenoxy) is 1. The Bertz CT molecular complexity index is 787. The van der Waals surface area contributed by atoms with E-state index in [2.05, 4.69) is 15.3 Å². The average Bonchev–Trinajstić information content (AvgIpc) is 2.63. The second-order valence-electron chi connectivity index (χ2n) is 5.21. The van der Waals surface area contributed by atoms with Crippen molar-refractivity contribution in [3.8, 4) is 5.88 Å². The lowest BCUT2D eigenvalue weighted by molar-refractivity contribution is 0.0953. The Labute approximate surface area is 147 Å². The lowest BCUT2D eigenvalue weighted by Gasteiger charge is -2.08. The van der Waals surface area contributed by atoms with Gasteiger partial charge < -0.3 is 15.8 Å². The van der Waals surface area contributed by atoms with Gasteiger partial charge in [0.05, 0.1) is 5.69 Å². The number of nitrogens with zero attached hydrogens (tertiary/aromatic N) is 2. The molecule has 8 nitrogen and oxygen atoms in total. The van der Waals surface area contributed by atoms with Gasteiger partial charge in [-0.15, -0.1) is 0 Å². The summed E-state index contributed by atoms with van der Waals surface area (Å²) >= 11 is 0. The molecule has 0 radical (unpaired) electrons. The molecular formula is C16H20N4O4S. The molecule has 1 amide bonds. The van der Waals surface area contributed by atoms with Gasteiger partial charge in [-0.3, -0.25) is 4.79 Å². The molecule has 1 aromatic heterocycles. The Morgan fingerprint density at radius 1 is 1.24 bits per heavy atom. The Balaban J connectivity index is 1.90. The molecule has 1 aromatic carbocycles. The third-order valence-electron chi connectivity index (χ3n) is 3.29. The molecular weight excluding hydrogens is 344 g/mol. The fourth-order valence-corrected chi connectivity index (χ4v) is 2.46. The van der Waals surface area contributed by atoms with Gasteiger partial charge in [0.1, 0.15) is 23.6 Å². The maximum Gasteiger partial charge on any atom is 0.251 e. The number of carbonyl (C=O) groups is 1. The van der Waals surface area contributed by atoms with E-state index in [1.165, 1.54) is 6.33 Å². The van der Waals surface area contributed by atoms with Crippen LogP contribution in [-0.2, 0) is 23.9 Å². The molecule has 0 fully saturated rings. The summed E-state index contributed by atoms with van der Waals surface area (Å²) in [5.74, 6) is 0.222. The Kier molecular flexibility index (Phi) is 7.30. The largest absolute Gasteiger partial charge is 0.473 e. The molecule has 0 aliphatic heterocycles. The summed E-state index contributed by atoms with van der Waals surface area (Å²) < 4.78 is 26.6. The first kappa shape index (κ1) is 18.8. The Morgan fingerprint density at radius 2 is 2.08 bits per heavy atom. The standard InChI is InChI=1S/C16H20N4O4S/c17-9-14-8-15(20-11-19-14)24-10-12-3-1-4-13(7-12)16(21)18-5-2-6-25(22)23/h1,3-4,7-8,11,25H,2,5-6,9-10,17H2,(H,18,21). The van der Waals surface area contributed by atoms with E-state index in [1.807, 2.05) is 6.07 Å². The van der Waals surface area contributed by atoms with E-state index >= 15 is 0 Å². The topological polar surface area (TPSA) is 124 Å². The summed E-state index contributed by atoms with van der Waals surface area (Å²) in [7, 11) is -2.41. The fourth-order valence-electron chi connectivity index (χ4n) is 2.04. The molecule has 0 unspecified atom stereocenters. The highest BCUT2D eigenvalue weighted by Gasteiger charge is 2.07. The van der Waals surface area contributed by atoms with E-state index in [-0.39, 0.29) is 18.3 Å². The van der Waals surface area contributed by atoms with Crippen LogP contribution in [0.1, 0.15) is 28.0 Å². The summed E-state index contributed by atoms with van der Waals surface area (Å²) in [5, 5.41) is 2.69. The van der Waals surface area contributed by atoms with E-state index in [0.29, 0.717) is 36.6 Å². The van der Waals surface area contributed by atoms with Crippen LogP contribution < -0.4 is 15.8 Å². The van der Waals surface area contributed by atoms with Gasteiger partial charge in [-0.25, -0.2) is 18.4 Å². The molecule has 0 aliphatic rings. The predicted octanol–water partition coefficient (Wildman–Crippen LogP) is 0.246. The Hall–Kier alpha value is -2.52. The molecule has 0 saturated carbocycles. The van der Waals surface area contributed by atoms with Crippen LogP contribution in [0.15, 0.2) is 36.7 Å². The van der Waals surface area contributed by atoms with Crippen LogP contribution in [0, 0.1) is 0 Å². The number of hydrogen-bond acceptors (Lipinski definition) is 7. The number of benzene rings is 1. The minimum atomic E-state index is -2.41. The van der Waals surface area contributed by atoms with Gasteiger partial charge in [0.2, 0.25) is 5.88 Å². The Morgan fingerprint density at radius 3 is 2.84 bits per heavy atom. The number of hydrogen-bond donors (Lipinski definition) is 3. The molecule has 3 N–H and O–H groups in total. The first-order valence-electron chi connectivity index (χ1n) is 7.71. The van der Waals surface area contributed by atoms with Crippen LogP contribution >= 0.6 is 0 Å². The van der Waals surface area contributed by atoms with Gasteiger partial charge >= 0.3 is 0 Å². The maximum atomic E-state index is 12.1. The van der Waals surface area contributed by atoms with Crippen LogP contribution in [0.2, 0.25) is 0 Å². The number of nitrogens with two attached hydrogens (primary N) is 1. The van der Waals surface area contributed by atoms with Crippen molar-refractivity contribution in [1.29, 1.82) is 0 Å². The number of aromatic nitrogens is 2. The smallest absolute Gasteiger partial charge is 0.251 e. The quantitative estimate of drug-likeness (QED) is 0.430. The summed E-state index contributed by atoms with van der Waals surface area (Å²) in [6.45, 7) is 0.861. The number of amides is 1. The molecule has 0 saturated heterocycles. The summed E-state index contributed by atoms with van der Waals surface area (Å²) in [5.41, 5.74) is 7.49. The number of rotatable bonds is 9. The van der Waals surface area contributed by atoms with Crippen molar-refractivity contribution in [2.75, 3.05) is 12.3 Å². The van der Waals surface area contributed by atoms with E-state index in [0.717, 1.165) is 5.56 Å². The second kappa shape index (κ2) is 9.70. The SMILES string of the molecule is NCc1cc(OCc2cccc(C(=O)NCCC[SH](=O)=O)c2)ncn1. The highest BCUT2D eigenvalue weighted by molar-refractivity contribution is 7.72. The average molecular weight is 364 g/mol. The highest BCUT2D eigenvalue weighted by atomic mass is 32.2. The minimum absolute atomic E-state index is 0.0627. The van der Waals surface area contributed by atoms with Crippen molar-refractivity contribution < 1.29 is 17.9 Å². The zero-order valence-electron chi connectivity index (χ0n) is 13.6. The van der Waals surface area contributed by atoms with Gasteiger partial charge in [-0.1, -0.05) is 12.1 Å². The molecule has 0 atom stereocenters. The number of nitrogens with one attached hydrogen (secondary N) is 1. The van der Waals surface area contributed by atoms with E-state index in [1.54, 1.807) is 24.3 Å². The summed E-state index contributed by atoms with van der Waals surface area (Å²) in [6.07, 6.45) is 1.78. The van der Waals surface area contributed by atoms with E-state index in [4.69, 9.17) is 10.5 Å². The molecule has 25 heavy (non-hydrogen) atoms. The molecule has 1 heterocycles. The maximum absolute atomic E-state index is 12.1. The first-order valence-corrected chi connectivity index (χ1v) is 9.07. The molecule has 2 rings (SSSR count). The van der Waals surface area contributed by atoms with E-state index < -0.39 is 10.7 Å². The zero-order chi connectivity index (χ0) is 18.1. The van der Waals surface area contributed by atoms with Gasteiger partial charge in [0.25, 0.3) is 5.91 Å². The molecule has 0 bridgehead atoms. The molecule has 9 heteroatoms. The van der Waals surface area contributed by atoms with Crippen LogP contribution in [0.3, 0.4) is 0 Å². The van der Waals surface area contributed by atoms with Crippen molar-refractivity contribution in [3.63, 3.8) is 0 Å². The van der Waals surface area contributed by atoms with Gasteiger partial charge in [0, 0.05) is 30.5 Å². The predicted molar refractivity (Wildman–Crippen MR) is 92.8 cm³/mol. The van der Waals surface area contributed by atoms with Crippen molar-refractivity contribution in [2.24, 2.45) is 5.73 Å². The van der Waals surface area contributed by atoms with Crippen molar-refractivity contribution in [1.82, 2.24) is 15.3 Å². The van der Waals surface area contributed by atoms with Crippen molar-refractivity contribution >= 4 is 16.6 Å². The third kappa shape index (κ3) is 6.48. The van der Waals surface area contributed by atoms with Crippen LogP contribution in [0.25, 0.3) is 0 Å². The molecule has 134 valence electrons. The van der Waals surface area contributed by atoms with Crippen molar-refractivity contribution in [2.45, 2.75) is 19.6 Å². The lowest BCUT2D eigenvalue weighted by atomic mass is 10.1. The summed E-state index contributed by atoms with van der Waals surface area (Å²) in [4.78, 5) is 20.1. The third-order valence-corrected chi connectivity index (χ3v) is 3.97. The zero-order valence-corrected chi connectivity index (χ0v) is 14.4. The van der Waals surface area contributed by atoms with Crippen LogP contribution in [0.4, 0.5) is 0 Å². The summed E-state index contributed by atoms with van der Waals surface area (Å²) in [6, 6.07) is 8.66. The lowest BCUT2D eigenvalue weighted by Crippen LogP contribution is -2.25. The minimum Gasteiger partial charge on any atom is -0.473 e. The molecule has 0 aliphatic carbocycles. The second-order valence-corrected chi connectivity index (χ2v) is 6.32. The fraction of sp³-hybridized carbons (Fsp3) is 0.312. The monoisotopic (exact) mass is 364 g/mol. The van der Waals surface area contributed by atoms with Crippen molar-refractivity contribution in [3.05, 3.63) is 53.5 Å². The van der Waals surface area contributed by atoms with Gasteiger partial charge in [0.15, 0.2) is 0 Å². The number of carbonyl (C=O) groups excluding carboxylic acids is 1. The highest BCUT2D eigenvalue weighted by Crippen LogP contribution is 2.11. The van der Waals surface area contributed by atoms with Gasteiger partial charge in [-0.05, 0) is 24.1 Å². The van der Waals surface area contributed by atoms with Crippen LogP contribution in [0.5, 0.6) is 5.88 Å². The van der Waals surface area contributed by atoms with E-state index in [9.17, 15) is 13.2 Å². The first-order chi connectivity index (χ1) is 12.1.